The molecule has 0 unspecified atom stereocenters. The number of rotatable bonds is 3. The third-order valence-electron chi connectivity index (χ3n) is 3.70. The van der Waals surface area contributed by atoms with Crippen molar-refractivity contribution < 1.29 is 0 Å². The summed E-state index contributed by atoms with van der Waals surface area (Å²) in [6.07, 6.45) is 5.94. The van der Waals surface area contributed by atoms with Gasteiger partial charge in [0.05, 0.1) is 5.69 Å². The summed E-state index contributed by atoms with van der Waals surface area (Å²) in [5.41, 5.74) is 6.04. The Labute approximate surface area is 133 Å². The number of aromatic nitrogens is 6. The van der Waals surface area contributed by atoms with E-state index in [0.717, 1.165) is 22.9 Å². The van der Waals surface area contributed by atoms with Crippen LogP contribution < -0.4 is 0 Å². The zero-order chi connectivity index (χ0) is 15.8. The quantitative estimate of drug-likeness (QED) is 0.631. The van der Waals surface area contributed by atoms with Crippen LogP contribution in [0.3, 0.4) is 0 Å². The Kier molecular flexibility index (Phi) is 3.15. The van der Waals surface area contributed by atoms with Crippen molar-refractivity contribution in [2.45, 2.75) is 20.3 Å². The molecule has 23 heavy (non-hydrogen) atoms. The molecule has 4 aromatic rings. The molecule has 0 bridgehead atoms. The summed E-state index contributed by atoms with van der Waals surface area (Å²) in [5, 5.41) is 11.5. The topological polar surface area (TPSA) is 71.8 Å². The zero-order valence-corrected chi connectivity index (χ0v) is 13.0. The number of hydrogen-bond donors (Lipinski definition) is 1. The van der Waals surface area contributed by atoms with E-state index in [1.165, 1.54) is 16.7 Å². The predicted octanol–water partition coefficient (Wildman–Crippen LogP) is 2.72. The van der Waals surface area contributed by atoms with Crippen LogP contribution >= 0.6 is 0 Å². The van der Waals surface area contributed by atoms with Gasteiger partial charge < -0.3 is 0 Å². The van der Waals surface area contributed by atoms with E-state index in [2.05, 4.69) is 57.3 Å². The Morgan fingerprint density at radius 1 is 1.09 bits per heavy atom. The normalized spacial score (nSPS) is 11.2. The van der Waals surface area contributed by atoms with Crippen LogP contribution in [0.2, 0.25) is 0 Å². The van der Waals surface area contributed by atoms with Crippen LogP contribution in [0.15, 0.2) is 42.9 Å². The summed E-state index contributed by atoms with van der Waals surface area (Å²) < 4.78 is 1.77. The predicted molar refractivity (Wildman–Crippen MR) is 87.1 cm³/mol. The van der Waals surface area contributed by atoms with Gasteiger partial charge in [-0.15, -0.1) is 0 Å². The molecule has 0 fully saturated rings. The van der Waals surface area contributed by atoms with Crippen molar-refractivity contribution in [2.75, 3.05) is 0 Å². The van der Waals surface area contributed by atoms with E-state index in [-0.39, 0.29) is 0 Å². The second kappa shape index (κ2) is 5.31. The van der Waals surface area contributed by atoms with E-state index in [1.807, 2.05) is 12.3 Å². The second-order valence-corrected chi connectivity index (χ2v) is 5.72. The lowest BCUT2D eigenvalue weighted by Crippen LogP contribution is -1.94. The average Bonchev–Trinajstić information content (AvgIpc) is 3.14. The lowest BCUT2D eigenvalue weighted by atomic mass is 10.1. The summed E-state index contributed by atoms with van der Waals surface area (Å²) in [7, 11) is 0. The molecule has 0 atom stereocenters. The average molecular weight is 304 g/mol. The molecule has 0 saturated carbocycles. The molecule has 114 valence electrons. The maximum atomic E-state index is 4.66. The monoisotopic (exact) mass is 304 g/mol. The molecule has 6 heteroatoms. The fraction of sp³-hybridized carbons (Fsp3) is 0.176. The van der Waals surface area contributed by atoms with Gasteiger partial charge in [-0.3, -0.25) is 5.10 Å². The summed E-state index contributed by atoms with van der Waals surface area (Å²) >= 11 is 0. The van der Waals surface area contributed by atoms with Crippen molar-refractivity contribution >= 4 is 5.65 Å². The third-order valence-corrected chi connectivity index (χ3v) is 3.70. The van der Waals surface area contributed by atoms with Crippen LogP contribution in [0, 0.1) is 13.8 Å². The number of nitrogens with one attached hydrogen (secondary N) is 1. The van der Waals surface area contributed by atoms with Gasteiger partial charge in [-0.2, -0.15) is 10.2 Å². The van der Waals surface area contributed by atoms with E-state index in [1.54, 1.807) is 16.9 Å². The van der Waals surface area contributed by atoms with Crippen molar-refractivity contribution in [3.63, 3.8) is 0 Å². The molecular formula is C17H16N6. The smallest absolute Gasteiger partial charge is 0.183 e. The molecule has 0 radical (unpaired) electrons. The molecule has 1 N–H and O–H groups in total. The summed E-state index contributed by atoms with van der Waals surface area (Å²) in [6.45, 7) is 4.21. The maximum absolute atomic E-state index is 4.66. The molecule has 0 aliphatic rings. The van der Waals surface area contributed by atoms with Gasteiger partial charge in [0.15, 0.2) is 11.5 Å². The van der Waals surface area contributed by atoms with E-state index < -0.39 is 0 Å². The van der Waals surface area contributed by atoms with Crippen molar-refractivity contribution in [3.05, 3.63) is 65.4 Å². The molecule has 0 aliphatic heterocycles. The first-order chi connectivity index (χ1) is 11.2. The minimum absolute atomic E-state index is 0.701. The van der Waals surface area contributed by atoms with Crippen LogP contribution in [0.1, 0.15) is 22.5 Å². The lowest BCUT2D eigenvalue weighted by Gasteiger charge is -2.02. The highest BCUT2D eigenvalue weighted by Gasteiger charge is 2.12. The minimum Gasteiger partial charge on any atom is -0.276 e. The van der Waals surface area contributed by atoms with Gasteiger partial charge in [-0.1, -0.05) is 29.3 Å². The summed E-state index contributed by atoms with van der Waals surface area (Å²) in [4.78, 5) is 9.07. The largest absolute Gasteiger partial charge is 0.276 e. The van der Waals surface area contributed by atoms with E-state index in [0.29, 0.717) is 6.42 Å². The van der Waals surface area contributed by atoms with E-state index in [9.17, 15) is 0 Å². The SMILES string of the molecule is Cc1cc(C)cc(Cc2nc3c(-c4ccn[nH]4)nccn3n2)c1. The molecule has 3 heterocycles. The Balaban J connectivity index is 1.76. The highest BCUT2D eigenvalue weighted by Crippen LogP contribution is 2.19. The molecular weight excluding hydrogens is 288 g/mol. The molecule has 0 saturated heterocycles. The van der Waals surface area contributed by atoms with Crippen LogP contribution in [-0.4, -0.2) is 29.8 Å². The molecule has 1 aromatic carbocycles. The van der Waals surface area contributed by atoms with E-state index in [4.69, 9.17) is 0 Å². The zero-order valence-electron chi connectivity index (χ0n) is 13.0. The molecule has 6 nitrogen and oxygen atoms in total. The molecule has 0 amide bonds. The van der Waals surface area contributed by atoms with Crippen LogP contribution in [0.5, 0.6) is 0 Å². The first-order valence-corrected chi connectivity index (χ1v) is 7.46. The van der Waals surface area contributed by atoms with Gasteiger partial charge in [-0.25, -0.2) is 14.5 Å². The van der Waals surface area contributed by atoms with Gasteiger partial charge in [-0.05, 0) is 25.5 Å². The highest BCUT2D eigenvalue weighted by atomic mass is 15.3. The van der Waals surface area contributed by atoms with Crippen molar-refractivity contribution in [1.82, 2.24) is 29.8 Å². The number of aromatic amines is 1. The first-order valence-electron chi connectivity index (χ1n) is 7.46. The van der Waals surface area contributed by atoms with Gasteiger partial charge in [0.2, 0.25) is 0 Å². The Hall–Kier alpha value is -3.02. The third kappa shape index (κ3) is 2.59. The van der Waals surface area contributed by atoms with Gasteiger partial charge in [0.1, 0.15) is 5.69 Å². The van der Waals surface area contributed by atoms with Crippen LogP contribution in [0.25, 0.3) is 17.0 Å². The maximum Gasteiger partial charge on any atom is 0.183 e. The van der Waals surface area contributed by atoms with Crippen molar-refractivity contribution in [1.29, 1.82) is 0 Å². The fourth-order valence-electron chi connectivity index (χ4n) is 2.87. The Morgan fingerprint density at radius 3 is 2.65 bits per heavy atom. The molecule has 0 aliphatic carbocycles. The van der Waals surface area contributed by atoms with Crippen molar-refractivity contribution in [2.24, 2.45) is 0 Å². The number of fused-ring (bicyclic) bond motifs is 1. The molecule has 0 spiro atoms. The number of nitrogens with zero attached hydrogens (tertiary/aromatic N) is 5. The van der Waals surface area contributed by atoms with Crippen LogP contribution in [0.4, 0.5) is 0 Å². The second-order valence-electron chi connectivity index (χ2n) is 5.72. The number of aryl methyl sites for hydroxylation is 2. The first kappa shape index (κ1) is 13.6. The number of benzene rings is 1. The molecule has 3 aromatic heterocycles. The lowest BCUT2D eigenvalue weighted by molar-refractivity contribution is 0.892. The number of hydrogen-bond acceptors (Lipinski definition) is 4. The fourth-order valence-corrected chi connectivity index (χ4v) is 2.87. The van der Waals surface area contributed by atoms with E-state index >= 15 is 0 Å². The van der Waals surface area contributed by atoms with Gasteiger partial charge >= 0.3 is 0 Å². The van der Waals surface area contributed by atoms with Gasteiger partial charge in [0, 0.05) is 25.0 Å². The summed E-state index contributed by atoms with van der Waals surface area (Å²) in [5.74, 6) is 0.781. The minimum atomic E-state index is 0.701. The van der Waals surface area contributed by atoms with Crippen molar-refractivity contribution in [3.8, 4) is 11.4 Å². The van der Waals surface area contributed by atoms with Gasteiger partial charge in [0.25, 0.3) is 0 Å². The summed E-state index contributed by atoms with van der Waals surface area (Å²) in [6, 6.07) is 8.39. The molecule has 4 rings (SSSR count). The standard InChI is InChI=1S/C17H16N6/c1-11-7-12(2)9-13(8-11)10-15-20-17-16(14-3-4-19-21-14)18-5-6-23(17)22-15/h3-9H,10H2,1-2H3,(H,19,21). The van der Waals surface area contributed by atoms with Crippen LogP contribution in [-0.2, 0) is 6.42 Å². The number of H-pyrrole nitrogens is 1. The highest BCUT2D eigenvalue weighted by molar-refractivity contribution is 5.70. The Bertz CT molecular complexity index is 948. The Morgan fingerprint density at radius 2 is 1.91 bits per heavy atom.